The first-order chi connectivity index (χ1) is 15.5. The van der Waals surface area contributed by atoms with Crippen LogP contribution in [0.15, 0.2) is 65.6 Å². The number of anilines is 1. The zero-order valence-electron chi connectivity index (χ0n) is 19.5. The van der Waals surface area contributed by atoms with Gasteiger partial charge >= 0.3 is 0 Å². The lowest BCUT2D eigenvalue weighted by Gasteiger charge is -2.26. The van der Waals surface area contributed by atoms with Crippen molar-refractivity contribution in [2.45, 2.75) is 45.6 Å². The molecule has 0 aromatic heterocycles. The van der Waals surface area contributed by atoms with Crippen molar-refractivity contribution in [3.8, 4) is 0 Å². The average Bonchev–Trinajstić information content (AvgIpc) is 2.74. The Morgan fingerprint density at radius 2 is 1.58 bits per heavy atom. The number of halogens is 1. The van der Waals surface area contributed by atoms with Gasteiger partial charge in [0.1, 0.15) is 6.54 Å². The Labute approximate surface area is 201 Å². The van der Waals surface area contributed by atoms with Gasteiger partial charge in [-0.25, -0.2) is 8.42 Å². The van der Waals surface area contributed by atoms with E-state index in [4.69, 9.17) is 11.6 Å². The summed E-state index contributed by atoms with van der Waals surface area (Å²) in [5.41, 5.74) is 5.67. The van der Waals surface area contributed by atoms with E-state index < -0.39 is 15.9 Å². The van der Waals surface area contributed by atoms with Crippen molar-refractivity contribution in [2.24, 2.45) is 0 Å². The molecule has 0 aliphatic carbocycles. The molecule has 5 nitrogen and oxygen atoms in total. The number of nitrogens with zero attached hydrogens (tertiary/aromatic N) is 1. The van der Waals surface area contributed by atoms with Gasteiger partial charge in [0.25, 0.3) is 10.0 Å². The third kappa shape index (κ3) is 5.75. The van der Waals surface area contributed by atoms with Gasteiger partial charge in [-0.2, -0.15) is 0 Å². The van der Waals surface area contributed by atoms with Gasteiger partial charge in [-0.3, -0.25) is 9.10 Å². The number of benzene rings is 3. The first-order valence-corrected chi connectivity index (χ1v) is 12.5. The van der Waals surface area contributed by atoms with E-state index in [1.807, 2.05) is 34.6 Å². The van der Waals surface area contributed by atoms with Crippen LogP contribution in [-0.4, -0.2) is 20.9 Å². The average molecular weight is 485 g/mol. The smallest absolute Gasteiger partial charge is 0.264 e. The van der Waals surface area contributed by atoms with Gasteiger partial charge in [-0.15, -0.1) is 0 Å². The molecule has 1 N–H and O–H groups in total. The van der Waals surface area contributed by atoms with E-state index in [-0.39, 0.29) is 17.5 Å². The van der Waals surface area contributed by atoms with Crippen LogP contribution in [0.3, 0.4) is 0 Å². The van der Waals surface area contributed by atoms with Gasteiger partial charge in [0.15, 0.2) is 0 Å². The Hall–Kier alpha value is -2.83. The van der Waals surface area contributed by atoms with Crippen molar-refractivity contribution in [1.29, 1.82) is 0 Å². The van der Waals surface area contributed by atoms with Gasteiger partial charge < -0.3 is 5.32 Å². The zero-order valence-corrected chi connectivity index (χ0v) is 21.1. The van der Waals surface area contributed by atoms with Crippen molar-refractivity contribution in [1.82, 2.24) is 5.32 Å². The van der Waals surface area contributed by atoms with Crippen LogP contribution in [0.25, 0.3) is 0 Å². The Kier molecular flexibility index (Phi) is 7.50. The fourth-order valence-corrected chi connectivity index (χ4v) is 5.33. The number of sulfonamides is 1. The number of nitrogens with one attached hydrogen (secondary N) is 1. The van der Waals surface area contributed by atoms with E-state index in [2.05, 4.69) is 17.4 Å². The summed E-state index contributed by atoms with van der Waals surface area (Å²) in [5, 5.41) is 3.34. The highest BCUT2D eigenvalue weighted by molar-refractivity contribution is 7.92. The number of amides is 1. The fraction of sp³-hybridized carbons (Fsp3) is 0.269. The van der Waals surface area contributed by atoms with Crippen LogP contribution in [0.1, 0.15) is 40.8 Å². The molecular formula is C26H29ClN2O3S. The number of rotatable bonds is 7. The highest BCUT2D eigenvalue weighted by Crippen LogP contribution is 2.27. The van der Waals surface area contributed by atoms with Gasteiger partial charge in [-0.05, 0) is 87.2 Å². The Bertz CT molecular complexity index is 1270. The van der Waals surface area contributed by atoms with E-state index in [0.29, 0.717) is 10.7 Å². The van der Waals surface area contributed by atoms with E-state index in [1.54, 1.807) is 42.5 Å². The van der Waals surface area contributed by atoms with E-state index in [0.717, 1.165) is 26.6 Å². The summed E-state index contributed by atoms with van der Waals surface area (Å²) in [6, 6.07) is 16.9. The van der Waals surface area contributed by atoms with Crippen LogP contribution in [0.2, 0.25) is 5.02 Å². The molecular weight excluding hydrogens is 456 g/mol. The molecule has 7 heteroatoms. The molecule has 3 rings (SSSR count). The number of aryl methyl sites for hydroxylation is 4. The third-order valence-electron chi connectivity index (χ3n) is 5.72. The Morgan fingerprint density at radius 3 is 2.21 bits per heavy atom. The molecule has 0 saturated heterocycles. The summed E-state index contributed by atoms with van der Waals surface area (Å²) in [7, 11) is -3.99. The standard InChI is InChI=1S/C26H29ClN2O3S/c1-17-9-11-24(12-10-17)33(31,32)29(23-8-6-7-22(27)15-23)16-26(30)28-21(5)25-14-19(3)18(2)13-20(25)4/h6-15,21H,16H2,1-5H3,(H,28,30)/t21-/m1/s1. The molecule has 33 heavy (non-hydrogen) atoms. The second-order valence-corrected chi connectivity index (χ2v) is 10.7. The second-order valence-electron chi connectivity index (χ2n) is 8.39. The monoisotopic (exact) mass is 484 g/mol. The minimum absolute atomic E-state index is 0.110. The van der Waals surface area contributed by atoms with Crippen molar-refractivity contribution in [2.75, 3.05) is 10.8 Å². The highest BCUT2D eigenvalue weighted by atomic mass is 35.5. The van der Waals surface area contributed by atoms with Crippen LogP contribution in [-0.2, 0) is 14.8 Å². The van der Waals surface area contributed by atoms with E-state index >= 15 is 0 Å². The predicted octanol–water partition coefficient (Wildman–Crippen LogP) is 5.65. The van der Waals surface area contributed by atoms with Crippen LogP contribution in [0, 0.1) is 27.7 Å². The summed E-state index contributed by atoms with van der Waals surface area (Å²) in [5.74, 6) is -0.407. The maximum Gasteiger partial charge on any atom is 0.264 e. The molecule has 174 valence electrons. The lowest BCUT2D eigenvalue weighted by Crippen LogP contribution is -2.41. The predicted molar refractivity (Wildman–Crippen MR) is 134 cm³/mol. The molecule has 0 unspecified atom stereocenters. The lowest BCUT2D eigenvalue weighted by atomic mass is 9.96. The molecule has 0 aliphatic rings. The summed E-state index contributed by atoms with van der Waals surface area (Å²) in [4.78, 5) is 13.2. The van der Waals surface area contributed by atoms with E-state index in [9.17, 15) is 13.2 Å². The normalized spacial score (nSPS) is 12.3. The van der Waals surface area contributed by atoms with Crippen LogP contribution in [0.4, 0.5) is 5.69 Å². The van der Waals surface area contributed by atoms with E-state index in [1.165, 1.54) is 11.6 Å². The minimum Gasteiger partial charge on any atom is -0.348 e. The summed E-state index contributed by atoms with van der Waals surface area (Å²) < 4.78 is 28.1. The summed E-state index contributed by atoms with van der Waals surface area (Å²) in [6.07, 6.45) is 0. The van der Waals surface area contributed by atoms with Gasteiger partial charge in [-0.1, -0.05) is 47.5 Å². The molecule has 1 amide bonds. The maximum atomic E-state index is 13.5. The topological polar surface area (TPSA) is 66.5 Å². The second kappa shape index (κ2) is 9.98. The number of hydrogen-bond donors (Lipinski definition) is 1. The molecule has 3 aromatic carbocycles. The number of carbonyl (C=O) groups is 1. The molecule has 0 spiro atoms. The SMILES string of the molecule is Cc1ccc(S(=O)(=O)N(CC(=O)N[C@H](C)c2cc(C)c(C)cc2C)c2cccc(Cl)c2)cc1. The minimum atomic E-state index is -3.99. The van der Waals surface area contributed by atoms with Crippen molar-refractivity contribution in [3.05, 3.63) is 93.5 Å². The first-order valence-electron chi connectivity index (χ1n) is 10.7. The molecule has 0 fully saturated rings. The van der Waals surface area contributed by atoms with Crippen molar-refractivity contribution in [3.63, 3.8) is 0 Å². The molecule has 0 heterocycles. The molecule has 3 aromatic rings. The van der Waals surface area contributed by atoms with Gasteiger partial charge in [0.05, 0.1) is 16.6 Å². The fourth-order valence-electron chi connectivity index (χ4n) is 3.73. The zero-order chi connectivity index (χ0) is 24.3. The molecule has 0 aliphatic heterocycles. The van der Waals surface area contributed by atoms with Crippen molar-refractivity contribution < 1.29 is 13.2 Å². The number of carbonyl (C=O) groups excluding carboxylic acids is 1. The maximum absolute atomic E-state index is 13.5. The molecule has 0 bridgehead atoms. The molecule has 0 saturated carbocycles. The molecule has 0 radical (unpaired) electrons. The summed E-state index contributed by atoms with van der Waals surface area (Å²) >= 11 is 6.13. The van der Waals surface area contributed by atoms with Crippen LogP contribution < -0.4 is 9.62 Å². The van der Waals surface area contributed by atoms with Crippen LogP contribution >= 0.6 is 11.6 Å². The Balaban J connectivity index is 1.91. The van der Waals surface area contributed by atoms with Crippen LogP contribution in [0.5, 0.6) is 0 Å². The largest absolute Gasteiger partial charge is 0.348 e. The quantitative estimate of drug-likeness (QED) is 0.471. The Morgan fingerprint density at radius 1 is 0.939 bits per heavy atom. The van der Waals surface area contributed by atoms with Gasteiger partial charge in [0.2, 0.25) is 5.91 Å². The highest BCUT2D eigenvalue weighted by Gasteiger charge is 2.28. The summed E-state index contributed by atoms with van der Waals surface area (Å²) in [6.45, 7) is 9.49. The third-order valence-corrected chi connectivity index (χ3v) is 7.74. The number of hydrogen-bond acceptors (Lipinski definition) is 3. The van der Waals surface area contributed by atoms with Gasteiger partial charge in [0, 0.05) is 5.02 Å². The first kappa shape index (κ1) is 24.8. The molecule has 1 atom stereocenters. The lowest BCUT2D eigenvalue weighted by molar-refractivity contribution is -0.120. The van der Waals surface area contributed by atoms with Crippen molar-refractivity contribution >= 4 is 33.2 Å².